The monoisotopic (exact) mass is 225 g/mol. The highest BCUT2D eigenvalue weighted by atomic mass is 35.5. The van der Waals surface area contributed by atoms with Gasteiger partial charge in [0.25, 0.3) is 0 Å². The van der Waals surface area contributed by atoms with Crippen LogP contribution in [0.4, 0.5) is 0 Å². The summed E-state index contributed by atoms with van der Waals surface area (Å²) in [6, 6.07) is 5.32. The minimum atomic E-state index is 0.459. The summed E-state index contributed by atoms with van der Waals surface area (Å²) in [5.74, 6) is 0.521. The maximum atomic E-state index is 6.00. The molecule has 0 bridgehead atoms. The first kappa shape index (κ1) is 9.37. The van der Waals surface area contributed by atoms with Gasteiger partial charge < -0.3 is 0 Å². The van der Waals surface area contributed by atoms with E-state index in [0.29, 0.717) is 21.4 Å². The SMILES string of the molecule is Clc1cccc(-c2ncncn2)c1Cl. The zero-order valence-electron chi connectivity index (χ0n) is 6.98. The van der Waals surface area contributed by atoms with Gasteiger partial charge in [-0.3, -0.25) is 0 Å². The lowest BCUT2D eigenvalue weighted by atomic mass is 10.2. The number of rotatable bonds is 1. The molecular formula is C9H5Cl2N3. The van der Waals surface area contributed by atoms with E-state index in [1.165, 1.54) is 12.7 Å². The van der Waals surface area contributed by atoms with Crippen molar-refractivity contribution in [2.24, 2.45) is 0 Å². The number of nitrogens with zero attached hydrogens (tertiary/aromatic N) is 3. The van der Waals surface area contributed by atoms with E-state index in [9.17, 15) is 0 Å². The predicted molar refractivity (Wildman–Crippen MR) is 55.3 cm³/mol. The molecule has 0 saturated heterocycles. The third kappa shape index (κ3) is 1.69. The fourth-order valence-electron chi connectivity index (χ4n) is 1.05. The fraction of sp³-hybridized carbons (Fsp3) is 0. The van der Waals surface area contributed by atoms with Crippen LogP contribution in [0.15, 0.2) is 30.9 Å². The molecule has 70 valence electrons. The minimum Gasteiger partial charge on any atom is -0.225 e. The van der Waals surface area contributed by atoms with Crippen molar-refractivity contribution in [3.63, 3.8) is 0 Å². The second kappa shape index (κ2) is 3.90. The van der Waals surface area contributed by atoms with E-state index in [2.05, 4.69) is 15.0 Å². The van der Waals surface area contributed by atoms with Crippen LogP contribution in [0.25, 0.3) is 11.4 Å². The smallest absolute Gasteiger partial charge is 0.164 e. The lowest BCUT2D eigenvalue weighted by Crippen LogP contribution is -1.89. The van der Waals surface area contributed by atoms with Crippen LogP contribution in [-0.2, 0) is 0 Å². The average Bonchev–Trinajstić information content (AvgIpc) is 2.23. The molecule has 5 heteroatoms. The zero-order valence-corrected chi connectivity index (χ0v) is 8.50. The number of aromatic nitrogens is 3. The highest BCUT2D eigenvalue weighted by Crippen LogP contribution is 2.30. The Kier molecular flexibility index (Phi) is 2.61. The maximum Gasteiger partial charge on any atom is 0.164 e. The van der Waals surface area contributed by atoms with Gasteiger partial charge in [-0.15, -0.1) is 0 Å². The van der Waals surface area contributed by atoms with Crippen molar-refractivity contribution in [2.45, 2.75) is 0 Å². The molecule has 0 amide bonds. The molecule has 3 nitrogen and oxygen atoms in total. The Balaban J connectivity index is 2.58. The Morgan fingerprint density at radius 2 is 1.71 bits per heavy atom. The normalized spacial score (nSPS) is 10.1. The third-order valence-corrected chi connectivity index (χ3v) is 2.50. The molecule has 2 rings (SSSR count). The van der Waals surface area contributed by atoms with Crippen molar-refractivity contribution >= 4 is 23.2 Å². The predicted octanol–water partition coefficient (Wildman–Crippen LogP) is 2.85. The Labute approximate surface area is 90.8 Å². The van der Waals surface area contributed by atoms with Crippen LogP contribution in [0, 0.1) is 0 Å². The summed E-state index contributed by atoms with van der Waals surface area (Å²) >= 11 is 11.9. The number of halogens is 2. The Hall–Kier alpha value is -1.19. The van der Waals surface area contributed by atoms with Gasteiger partial charge in [0, 0.05) is 5.56 Å². The largest absolute Gasteiger partial charge is 0.225 e. The second-order valence-electron chi connectivity index (χ2n) is 2.56. The Morgan fingerprint density at radius 1 is 1.00 bits per heavy atom. The molecule has 0 spiro atoms. The number of hydrogen-bond acceptors (Lipinski definition) is 3. The zero-order chi connectivity index (χ0) is 9.97. The van der Waals surface area contributed by atoms with Crippen LogP contribution >= 0.6 is 23.2 Å². The van der Waals surface area contributed by atoms with E-state index in [1.807, 2.05) is 6.07 Å². The van der Waals surface area contributed by atoms with E-state index in [-0.39, 0.29) is 0 Å². The first-order valence-corrected chi connectivity index (χ1v) is 4.61. The molecule has 0 saturated carbocycles. The first-order valence-electron chi connectivity index (χ1n) is 3.85. The van der Waals surface area contributed by atoms with Crippen molar-refractivity contribution in [1.82, 2.24) is 15.0 Å². The molecule has 0 atom stereocenters. The molecular weight excluding hydrogens is 221 g/mol. The van der Waals surface area contributed by atoms with E-state index in [1.54, 1.807) is 12.1 Å². The molecule has 0 radical (unpaired) electrons. The van der Waals surface area contributed by atoms with E-state index in [0.717, 1.165) is 0 Å². The molecule has 1 heterocycles. The Morgan fingerprint density at radius 3 is 2.43 bits per heavy atom. The fourth-order valence-corrected chi connectivity index (χ4v) is 1.44. The van der Waals surface area contributed by atoms with Gasteiger partial charge in [-0.05, 0) is 12.1 Å². The summed E-state index contributed by atoms with van der Waals surface area (Å²) in [5.41, 5.74) is 0.710. The van der Waals surface area contributed by atoms with Gasteiger partial charge in [-0.2, -0.15) is 0 Å². The van der Waals surface area contributed by atoms with Crippen LogP contribution in [0.3, 0.4) is 0 Å². The second-order valence-corrected chi connectivity index (χ2v) is 3.35. The van der Waals surface area contributed by atoms with Crippen molar-refractivity contribution in [1.29, 1.82) is 0 Å². The molecule has 14 heavy (non-hydrogen) atoms. The molecule has 0 aliphatic rings. The van der Waals surface area contributed by atoms with Crippen LogP contribution in [0.2, 0.25) is 10.0 Å². The number of benzene rings is 1. The van der Waals surface area contributed by atoms with Crippen molar-refractivity contribution in [3.8, 4) is 11.4 Å². The van der Waals surface area contributed by atoms with E-state index < -0.39 is 0 Å². The van der Waals surface area contributed by atoms with Crippen LogP contribution in [0.1, 0.15) is 0 Å². The van der Waals surface area contributed by atoms with Crippen LogP contribution < -0.4 is 0 Å². The van der Waals surface area contributed by atoms with E-state index >= 15 is 0 Å². The van der Waals surface area contributed by atoms with Crippen molar-refractivity contribution in [2.75, 3.05) is 0 Å². The van der Waals surface area contributed by atoms with Gasteiger partial charge >= 0.3 is 0 Å². The van der Waals surface area contributed by atoms with Gasteiger partial charge in [0.15, 0.2) is 5.82 Å². The van der Waals surface area contributed by atoms with Gasteiger partial charge in [0.05, 0.1) is 10.0 Å². The van der Waals surface area contributed by atoms with Crippen LogP contribution in [-0.4, -0.2) is 15.0 Å². The maximum absolute atomic E-state index is 6.00. The molecule has 0 aliphatic carbocycles. The van der Waals surface area contributed by atoms with Crippen molar-refractivity contribution < 1.29 is 0 Å². The topological polar surface area (TPSA) is 38.7 Å². The van der Waals surface area contributed by atoms with Gasteiger partial charge in [-0.1, -0.05) is 29.3 Å². The minimum absolute atomic E-state index is 0.459. The van der Waals surface area contributed by atoms with Gasteiger partial charge in [-0.25, -0.2) is 15.0 Å². The molecule has 0 fully saturated rings. The first-order chi connectivity index (χ1) is 6.79. The lowest BCUT2D eigenvalue weighted by molar-refractivity contribution is 1.06. The summed E-state index contributed by atoms with van der Waals surface area (Å²) in [5, 5.41) is 0.949. The standard InChI is InChI=1S/C9H5Cl2N3/c10-7-3-1-2-6(8(7)11)9-13-4-12-5-14-9/h1-5H. The summed E-state index contributed by atoms with van der Waals surface area (Å²) in [7, 11) is 0. The molecule has 0 unspecified atom stereocenters. The summed E-state index contributed by atoms with van der Waals surface area (Å²) in [4.78, 5) is 11.7. The quantitative estimate of drug-likeness (QED) is 0.750. The van der Waals surface area contributed by atoms with E-state index in [4.69, 9.17) is 23.2 Å². The Bertz CT molecular complexity index is 445. The van der Waals surface area contributed by atoms with Gasteiger partial charge in [0.1, 0.15) is 12.7 Å². The highest BCUT2D eigenvalue weighted by molar-refractivity contribution is 6.43. The summed E-state index contributed by atoms with van der Waals surface area (Å²) in [6.07, 6.45) is 2.83. The van der Waals surface area contributed by atoms with Crippen molar-refractivity contribution in [3.05, 3.63) is 40.9 Å². The molecule has 1 aromatic heterocycles. The molecule has 0 aliphatic heterocycles. The average molecular weight is 226 g/mol. The molecule has 1 aromatic carbocycles. The lowest BCUT2D eigenvalue weighted by Gasteiger charge is -2.02. The summed E-state index contributed by atoms with van der Waals surface area (Å²) < 4.78 is 0. The molecule has 2 aromatic rings. The molecule has 0 N–H and O–H groups in total. The highest BCUT2D eigenvalue weighted by Gasteiger charge is 2.07. The van der Waals surface area contributed by atoms with Gasteiger partial charge in [0.2, 0.25) is 0 Å². The van der Waals surface area contributed by atoms with Crippen LogP contribution in [0.5, 0.6) is 0 Å². The third-order valence-electron chi connectivity index (χ3n) is 1.69. The summed E-state index contributed by atoms with van der Waals surface area (Å²) in [6.45, 7) is 0. The number of hydrogen-bond donors (Lipinski definition) is 0.